The molecule has 0 aliphatic heterocycles. The molecule has 2 N–H and O–H groups in total. The Bertz CT molecular complexity index is 150. The molecule has 0 aromatic heterocycles. The Balaban J connectivity index is 3.83. The van der Waals surface area contributed by atoms with Crippen LogP contribution in [-0.2, 0) is 9.47 Å². The van der Waals surface area contributed by atoms with Crippen molar-refractivity contribution in [2.24, 2.45) is 5.73 Å². The number of rotatable bonds is 6. The lowest BCUT2D eigenvalue weighted by atomic mass is 10.2. The molecule has 4 nitrogen and oxygen atoms in total. The number of carbonyl (C=O) groups excluding carboxylic acids is 1. The van der Waals surface area contributed by atoms with Crippen LogP contribution in [-0.4, -0.2) is 24.9 Å². The minimum atomic E-state index is -0.744. The van der Waals surface area contributed by atoms with E-state index in [9.17, 15) is 4.79 Å². The number of hydrogen-bond acceptors (Lipinski definition) is 3. The Kier molecular flexibility index (Phi) is 6.32. The van der Waals surface area contributed by atoms with E-state index in [2.05, 4.69) is 0 Å². The zero-order valence-electron chi connectivity index (χ0n) is 8.58. The van der Waals surface area contributed by atoms with Crippen LogP contribution in [0.5, 0.6) is 0 Å². The fourth-order valence-electron chi connectivity index (χ4n) is 1.11. The Labute approximate surface area is 79.4 Å². The van der Waals surface area contributed by atoms with Crippen molar-refractivity contribution < 1.29 is 14.3 Å². The molecule has 0 aliphatic rings. The smallest absolute Gasteiger partial charge is 0.404 e. The molecule has 0 bridgehead atoms. The van der Waals surface area contributed by atoms with Gasteiger partial charge in [-0.05, 0) is 19.8 Å². The number of primary amides is 1. The van der Waals surface area contributed by atoms with E-state index < -0.39 is 6.09 Å². The molecule has 4 heteroatoms. The molecular formula is C9H19NO3. The predicted molar refractivity (Wildman–Crippen MR) is 50.5 cm³/mol. The van der Waals surface area contributed by atoms with Crippen LogP contribution < -0.4 is 5.73 Å². The standard InChI is InChI=1S/C9H19NO3/c1-4-6-12-8(5-2)7(3)13-9(10)11/h7-8H,4-6H2,1-3H3,(H2,10,11). The molecule has 0 aromatic rings. The molecular weight excluding hydrogens is 170 g/mol. The molecule has 0 rings (SSSR count). The second-order valence-electron chi connectivity index (χ2n) is 2.96. The van der Waals surface area contributed by atoms with E-state index in [1.807, 2.05) is 13.8 Å². The molecule has 13 heavy (non-hydrogen) atoms. The minimum Gasteiger partial charge on any atom is -0.444 e. The maximum Gasteiger partial charge on any atom is 0.404 e. The summed E-state index contributed by atoms with van der Waals surface area (Å²) < 4.78 is 10.3. The van der Waals surface area contributed by atoms with Crippen molar-refractivity contribution in [1.82, 2.24) is 0 Å². The summed E-state index contributed by atoms with van der Waals surface area (Å²) >= 11 is 0. The van der Waals surface area contributed by atoms with Gasteiger partial charge in [0.1, 0.15) is 6.10 Å². The lowest BCUT2D eigenvalue weighted by Gasteiger charge is -2.22. The lowest BCUT2D eigenvalue weighted by Crippen LogP contribution is -2.32. The summed E-state index contributed by atoms with van der Waals surface area (Å²) in [5, 5.41) is 0. The highest BCUT2D eigenvalue weighted by Crippen LogP contribution is 2.08. The van der Waals surface area contributed by atoms with E-state index in [-0.39, 0.29) is 12.2 Å². The molecule has 2 unspecified atom stereocenters. The minimum absolute atomic E-state index is 0.0487. The van der Waals surface area contributed by atoms with Gasteiger partial charge in [0, 0.05) is 6.61 Å². The lowest BCUT2D eigenvalue weighted by molar-refractivity contribution is -0.0357. The van der Waals surface area contributed by atoms with Crippen molar-refractivity contribution in [1.29, 1.82) is 0 Å². The van der Waals surface area contributed by atoms with E-state index in [0.29, 0.717) is 6.61 Å². The van der Waals surface area contributed by atoms with Gasteiger partial charge in [0.15, 0.2) is 0 Å². The first-order valence-corrected chi connectivity index (χ1v) is 4.69. The van der Waals surface area contributed by atoms with Gasteiger partial charge >= 0.3 is 6.09 Å². The van der Waals surface area contributed by atoms with Gasteiger partial charge in [-0.15, -0.1) is 0 Å². The third-order valence-corrected chi connectivity index (χ3v) is 1.76. The number of carbonyl (C=O) groups is 1. The summed E-state index contributed by atoms with van der Waals surface area (Å²) in [5.74, 6) is 0. The van der Waals surface area contributed by atoms with Crippen LogP contribution in [0.3, 0.4) is 0 Å². The third-order valence-electron chi connectivity index (χ3n) is 1.76. The Morgan fingerprint density at radius 3 is 2.46 bits per heavy atom. The van der Waals surface area contributed by atoms with E-state index in [1.54, 1.807) is 6.92 Å². The van der Waals surface area contributed by atoms with Crippen molar-refractivity contribution in [3.05, 3.63) is 0 Å². The summed E-state index contributed by atoms with van der Waals surface area (Å²) in [4.78, 5) is 10.4. The first-order valence-electron chi connectivity index (χ1n) is 4.69. The summed E-state index contributed by atoms with van der Waals surface area (Å²) in [6.07, 6.45) is 0.710. The summed E-state index contributed by atoms with van der Waals surface area (Å²) in [6, 6.07) is 0. The van der Waals surface area contributed by atoms with Crippen LogP contribution in [0.4, 0.5) is 4.79 Å². The molecule has 0 radical (unpaired) electrons. The van der Waals surface area contributed by atoms with Gasteiger partial charge in [0.25, 0.3) is 0 Å². The molecule has 0 spiro atoms. The monoisotopic (exact) mass is 189 g/mol. The second-order valence-corrected chi connectivity index (χ2v) is 2.96. The van der Waals surface area contributed by atoms with Gasteiger partial charge in [-0.2, -0.15) is 0 Å². The fraction of sp³-hybridized carbons (Fsp3) is 0.889. The summed E-state index contributed by atoms with van der Waals surface area (Å²) in [7, 11) is 0. The molecule has 2 atom stereocenters. The summed E-state index contributed by atoms with van der Waals surface area (Å²) in [5.41, 5.74) is 4.90. The van der Waals surface area contributed by atoms with Gasteiger partial charge in [0.2, 0.25) is 0 Å². The predicted octanol–water partition coefficient (Wildman–Crippen LogP) is 1.68. The molecule has 0 saturated heterocycles. The quantitative estimate of drug-likeness (QED) is 0.691. The molecule has 0 aromatic carbocycles. The number of nitrogens with two attached hydrogens (primary N) is 1. The van der Waals surface area contributed by atoms with Crippen LogP contribution in [0, 0.1) is 0 Å². The molecule has 78 valence electrons. The zero-order chi connectivity index (χ0) is 10.3. The number of hydrogen-bond donors (Lipinski definition) is 1. The molecule has 1 amide bonds. The van der Waals surface area contributed by atoms with E-state index in [4.69, 9.17) is 15.2 Å². The van der Waals surface area contributed by atoms with Crippen LogP contribution >= 0.6 is 0 Å². The SMILES string of the molecule is CCCOC(CC)C(C)OC(N)=O. The molecule has 0 saturated carbocycles. The number of amides is 1. The van der Waals surface area contributed by atoms with Crippen molar-refractivity contribution in [3.63, 3.8) is 0 Å². The van der Waals surface area contributed by atoms with E-state index in [1.165, 1.54) is 0 Å². The Morgan fingerprint density at radius 2 is 2.08 bits per heavy atom. The van der Waals surface area contributed by atoms with Crippen LogP contribution in [0.15, 0.2) is 0 Å². The van der Waals surface area contributed by atoms with E-state index in [0.717, 1.165) is 12.8 Å². The zero-order valence-corrected chi connectivity index (χ0v) is 8.58. The maximum atomic E-state index is 10.4. The van der Waals surface area contributed by atoms with Gasteiger partial charge in [0.05, 0.1) is 6.10 Å². The number of ether oxygens (including phenoxy) is 2. The third kappa shape index (κ3) is 5.47. The topological polar surface area (TPSA) is 61.6 Å². The normalized spacial score (nSPS) is 15.0. The van der Waals surface area contributed by atoms with Gasteiger partial charge in [-0.25, -0.2) is 4.79 Å². The molecule has 0 heterocycles. The summed E-state index contributed by atoms with van der Waals surface area (Å²) in [6.45, 7) is 6.49. The van der Waals surface area contributed by atoms with Gasteiger partial charge in [-0.3, -0.25) is 0 Å². The highest BCUT2D eigenvalue weighted by atomic mass is 16.6. The van der Waals surface area contributed by atoms with Crippen molar-refractivity contribution in [3.8, 4) is 0 Å². The van der Waals surface area contributed by atoms with Crippen molar-refractivity contribution in [2.45, 2.75) is 45.8 Å². The molecule has 0 aliphatic carbocycles. The Hall–Kier alpha value is -0.770. The first-order chi connectivity index (χ1) is 6.11. The highest BCUT2D eigenvalue weighted by molar-refractivity contribution is 5.64. The fourth-order valence-corrected chi connectivity index (χ4v) is 1.11. The van der Waals surface area contributed by atoms with Crippen LogP contribution in [0.25, 0.3) is 0 Å². The average molecular weight is 189 g/mol. The molecule has 0 fully saturated rings. The highest BCUT2D eigenvalue weighted by Gasteiger charge is 2.18. The Morgan fingerprint density at radius 1 is 1.46 bits per heavy atom. The van der Waals surface area contributed by atoms with Crippen molar-refractivity contribution in [2.75, 3.05) is 6.61 Å². The average Bonchev–Trinajstić information content (AvgIpc) is 2.04. The van der Waals surface area contributed by atoms with E-state index >= 15 is 0 Å². The van der Waals surface area contributed by atoms with Gasteiger partial charge < -0.3 is 15.2 Å². The van der Waals surface area contributed by atoms with Crippen LogP contribution in [0.1, 0.15) is 33.6 Å². The first kappa shape index (κ1) is 12.2. The van der Waals surface area contributed by atoms with Crippen LogP contribution in [0.2, 0.25) is 0 Å². The second kappa shape index (κ2) is 6.71. The largest absolute Gasteiger partial charge is 0.444 e. The van der Waals surface area contributed by atoms with Crippen molar-refractivity contribution >= 4 is 6.09 Å². The van der Waals surface area contributed by atoms with Gasteiger partial charge in [-0.1, -0.05) is 13.8 Å². The maximum absolute atomic E-state index is 10.4.